The lowest BCUT2D eigenvalue weighted by atomic mass is 10.1. The van der Waals surface area contributed by atoms with Crippen LogP contribution in [0.1, 0.15) is 25.1 Å². The first kappa shape index (κ1) is 12.5. The summed E-state index contributed by atoms with van der Waals surface area (Å²) in [6.07, 6.45) is 1.90. The van der Waals surface area contributed by atoms with Gasteiger partial charge in [-0.3, -0.25) is 9.67 Å². The fraction of sp³-hybridized carbons (Fsp3) is 0.667. The van der Waals surface area contributed by atoms with Crippen LogP contribution in [-0.4, -0.2) is 26.7 Å². The highest BCUT2D eigenvalue weighted by molar-refractivity contribution is 8.14. The van der Waals surface area contributed by atoms with Crippen LogP contribution in [0.4, 0.5) is 0 Å². The Kier molecular flexibility index (Phi) is 3.76. The molecular formula is C12H20N4S. The molecule has 1 fully saturated rings. The van der Waals surface area contributed by atoms with Gasteiger partial charge in [0.1, 0.15) is 0 Å². The molecule has 0 spiro atoms. The Labute approximate surface area is 107 Å². The van der Waals surface area contributed by atoms with Crippen molar-refractivity contribution in [2.24, 2.45) is 18.0 Å². The molecule has 0 saturated carbocycles. The minimum absolute atomic E-state index is 0.564. The molecule has 1 N–H and O–H groups in total. The Balaban J connectivity index is 1.96. The van der Waals surface area contributed by atoms with E-state index >= 15 is 0 Å². The van der Waals surface area contributed by atoms with Crippen molar-refractivity contribution in [2.75, 3.05) is 5.75 Å². The van der Waals surface area contributed by atoms with Crippen molar-refractivity contribution in [1.82, 2.24) is 15.1 Å². The van der Waals surface area contributed by atoms with Gasteiger partial charge in [-0.25, -0.2) is 0 Å². The van der Waals surface area contributed by atoms with E-state index < -0.39 is 0 Å². The first-order valence-corrected chi connectivity index (χ1v) is 6.97. The van der Waals surface area contributed by atoms with Crippen LogP contribution in [0.3, 0.4) is 0 Å². The van der Waals surface area contributed by atoms with E-state index in [0.29, 0.717) is 12.0 Å². The number of hydrogen-bond acceptors (Lipinski definition) is 3. The Hall–Kier alpha value is -0.970. The molecule has 2 rings (SSSR count). The molecule has 4 nitrogen and oxygen atoms in total. The van der Waals surface area contributed by atoms with Gasteiger partial charge in [0.2, 0.25) is 0 Å². The number of aromatic nitrogens is 2. The largest absolute Gasteiger partial charge is 0.361 e. The minimum Gasteiger partial charge on any atom is -0.361 e. The summed E-state index contributed by atoms with van der Waals surface area (Å²) >= 11 is 1.82. The fourth-order valence-electron chi connectivity index (χ4n) is 1.72. The molecule has 0 bridgehead atoms. The second-order valence-electron chi connectivity index (χ2n) is 4.81. The molecule has 1 aromatic rings. The van der Waals surface area contributed by atoms with Crippen LogP contribution in [0.5, 0.6) is 0 Å². The Morgan fingerprint density at radius 3 is 2.94 bits per heavy atom. The molecule has 1 unspecified atom stereocenters. The van der Waals surface area contributed by atoms with E-state index in [4.69, 9.17) is 0 Å². The number of amidine groups is 1. The van der Waals surface area contributed by atoms with Crippen LogP contribution in [0.25, 0.3) is 0 Å². The van der Waals surface area contributed by atoms with Crippen molar-refractivity contribution < 1.29 is 0 Å². The maximum atomic E-state index is 4.62. The number of rotatable bonds is 3. The molecule has 0 aromatic carbocycles. The van der Waals surface area contributed by atoms with Gasteiger partial charge in [-0.2, -0.15) is 5.10 Å². The molecular weight excluding hydrogens is 232 g/mol. The Morgan fingerprint density at radius 1 is 1.65 bits per heavy atom. The SMILES string of the molecule is Cc1c(CN=C2NC(C(C)C)CS2)cnn1C. The summed E-state index contributed by atoms with van der Waals surface area (Å²) in [4.78, 5) is 4.62. The highest BCUT2D eigenvalue weighted by Crippen LogP contribution is 2.19. The average molecular weight is 252 g/mol. The van der Waals surface area contributed by atoms with Crippen molar-refractivity contribution in [2.45, 2.75) is 33.4 Å². The highest BCUT2D eigenvalue weighted by Gasteiger charge is 2.22. The number of nitrogens with zero attached hydrogens (tertiary/aromatic N) is 3. The van der Waals surface area contributed by atoms with E-state index in [9.17, 15) is 0 Å². The number of aryl methyl sites for hydroxylation is 1. The van der Waals surface area contributed by atoms with Crippen molar-refractivity contribution in [3.05, 3.63) is 17.5 Å². The standard InChI is InChI=1S/C12H20N4S/c1-8(2)11-7-17-12(15-11)13-5-10-6-14-16(4)9(10)3/h6,8,11H,5,7H2,1-4H3,(H,13,15). The summed E-state index contributed by atoms with van der Waals surface area (Å²) in [6, 6.07) is 0.564. The second kappa shape index (κ2) is 5.12. The van der Waals surface area contributed by atoms with E-state index in [0.717, 1.165) is 17.5 Å². The van der Waals surface area contributed by atoms with Crippen molar-refractivity contribution in [3.63, 3.8) is 0 Å². The van der Waals surface area contributed by atoms with Gasteiger partial charge in [-0.05, 0) is 12.8 Å². The van der Waals surface area contributed by atoms with Crippen molar-refractivity contribution in [1.29, 1.82) is 0 Å². The van der Waals surface area contributed by atoms with Gasteiger partial charge in [0.05, 0.1) is 12.7 Å². The summed E-state index contributed by atoms with van der Waals surface area (Å²) in [5, 5.41) is 8.77. The van der Waals surface area contributed by atoms with Crippen molar-refractivity contribution in [3.8, 4) is 0 Å². The van der Waals surface area contributed by atoms with Gasteiger partial charge >= 0.3 is 0 Å². The molecule has 5 heteroatoms. The zero-order valence-corrected chi connectivity index (χ0v) is 11.7. The van der Waals surface area contributed by atoms with Gasteiger partial charge in [-0.15, -0.1) is 0 Å². The Morgan fingerprint density at radius 2 is 2.41 bits per heavy atom. The van der Waals surface area contributed by atoms with E-state index in [-0.39, 0.29) is 0 Å². The number of nitrogens with one attached hydrogen (secondary N) is 1. The van der Waals surface area contributed by atoms with Crippen molar-refractivity contribution >= 4 is 16.9 Å². The zero-order chi connectivity index (χ0) is 12.4. The third-order valence-electron chi connectivity index (χ3n) is 3.24. The molecule has 1 saturated heterocycles. The van der Waals surface area contributed by atoms with Gasteiger partial charge in [-0.1, -0.05) is 25.6 Å². The predicted molar refractivity (Wildman–Crippen MR) is 73.3 cm³/mol. The molecule has 2 heterocycles. The monoisotopic (exact) mass is 252 g/mol. The second-order valence-corrected chi connectivity index (χ2v) is 5.81. The maximum absolute atomic E-state index is 4.62. The third kappa shape index (κ3) is 2.83. The number of hydrogen-bond donors (Lipinski definition) is 1. The van der Waals surface area contributed by atoms with Gasteiger partial charge in [0.25, 0.3) is 0 Å². The van der Waals surface area contributed by atoms with Crippen LogP contribution >= 0.6 is 11.8 Å². The topological polar surface area (TPSA) is 42.2 Å². The summed E-state index contributed by atoms with van der Waals surface area (Å²) in [6.45, 7) is 7.29. The molecule has 17 heavy (non-hydrogen) atoms. The van der Waals surface area contributed by atoms with Gasteiger partial charge < -0.3 is 5.32 Å². The molecule has 1 aliphatic rings. The summed E-state index contributed by atoms with van der Waals surface area (Å²) < 4.78 is 1.89. The van der Waals surface area contributed by atoms with E-state index in [1.54, 1.807) is 0 Å². The Bertz CT molecular complexity index is 422. The van der Waals surface area contributed by atoms with Crippen LogP contribution in [0.15, 0.2) is 11.2 Å². The van der Waals surface area contributed by atoms with E-state index in [1.807, 2.05) is 29.7 Å². The lowest BCUT2D eigenvalue weighted by molar-refractivity contribution is 0.503. The van der Waals surface area contributed by atoms with E-state index in [1.165, 1.54) is 11.3 Å². The zero-order valence-electron chi connectivity index (χ0n) is 10.9. The first-order valence-electron chi connectivity index (χ1n) is 5.99. The quantitative estimate of drug-likeness (QED) is 0.894. The van der Waals surface area contributed by atoms with Gasteiger partial charge in [0, 0.05) is 30.1 Å². The lowest BCUT2D eigenvalue weighted by Crippen LogP contribution is -2.31. The van der Waals surface area contributed by atoms with Gasteiger partial charge in [0.15, 0.2) is 5.17 Å². The maximum Gasteiger partial charge on any atom is 0.157 e. The minimum atomic E-state index is 0.564. The van der Waals surface area contributed by atoms with Crippen LogP contribution in [-0.2, 0) is 13.6 Å². The molecule has 94 valence electrons. The number of thioether (sulfide) groups is 1. The molecule has 1 aromatic heterocycles. The summed E-state index contributed by atoms with van der Waals surface area (Å²) in [7, 11) is 1.96. The lowest BCUT2D eigenvalue weighted by Gasteiger charge is -2.13. The average Bonchev–Trinajstić information content (AvgIpc) is 2.86. The predicted octanol–water partition coefficient (Wildman–Crippen LogP) is 1.95. The van der Waals surface area contributed by atoms with Crippen LogP contribution in [0.2, 0.25) is 0 Å². The molecule has 1 atom stereocenters. The van der Waals surface area contributed by atoms with Crippen LogP contribution in [0, 0.1) is 12.8 Å². The number of aliphatic imine (C=N–C) groups is 1. The van der Waals surface area contributed by atoms with E-state index in [2.05, 4.69) is 36.2 Å². The first-order chi connectivity index (χ1) is 8.08. The fourth-order valence-corrected chi connectivity index (χ4v) is 2.91. The smallest absolute Gasteiger partial charge is 0.157 e. The molecule has 0 amide bonds. The van der Waals surface area contributed by atoms with Crippen LogP contribution < -0.4 is 5.32 Å². The molecule has 0 aliphatic carbocycles. The molecule has 0 radical (unpaired) electrons. The third-order valence-corrected chi connectivity index (χ3v) is 4.29. The summed E-state index contributed by atoms with van der Waals surface area (Å²) in [5.74, 6) is 1.79. The normalized spacial score (nSPS) is 22.4. The highest BCUT2D eigenvalue weighted by atomic mass is 32.2. The molecule has 1 aliphatic heterocycles. The summed E-state index contributed by atoms with van der Waals surface area (Å²) in [5.41, 5.74) is 2.40.